The van der Waals surface area contributed by atoms with Crippen LogP contribution in [0.15, 0.2) is 22.7 Å². The quantitative estimate of drug-likeness (QED) is 0.608. The van der Waals surface area contributed by atoms with Gasteiger partial charge in [-0.1, -0.05) is 17.3 Å². The van der Waals surface area contributed by atoms with E-state index in [0.29, 0.717) is 17.7 Å². The van der Waals surface area contributed by atoms with Gasteiger partial charge in [-0.15, -0.1) is 0 Å². The van der Waals surface area contributed by atoms with Crippen molar-refractivity contribution in [3.05, 3.63) is 40.6 Å². The lowest BCUT2D eigenvalue weighted by molar-refractivity contribution is 0.0588. The second-order valence-corrected chi connectivity index (χ2v) is 4.36. The maximum atomic E-state index is 11.6. The Kier molecular flexibility index (Phi) is 2.67. The molecule has 0 saturated carbocycles. The van der Waals surface area contributed by atoms with Crippen LogP contribution in [0.2, 0.25) is 0 Å². The van der Waals surface area contributed by atoms with Gasteiger partial charge in [0.05, 0.1) is 7.11 Å². The maximum Gasteiger partial charge on any atom is 0.360 e. The second kappa shape index (κ2) is 4.35. The molecular weight excluding hydrogens is 246 g/mol. The predicted molar refractivity (Wildman–Crippen MR) is 66.1 cm³/mol. The van der Waals surface area contributed by atoms with Crippen LogP contribution in [0.25, 0.3) is 11.3 Å². The molecule has 1 aromatic heterocycles. The summed E-state index contributed by atoms with van der Waals surface area (Å²) in [4.78, 5) is 22.3. The number of ether oxygens (including phenoxy) is 1. The van der Waals surface area contributed by atoms with Crippen molar-refractivity contribution in [2.45, 2.75) is 12.8 Å². The number of benzene rings is 1. The van der Waals surface area contributed by atoms with Crippen LogP contribution in [0.1, 0.15) is 32.0 Å². The standard InChI is InChI=1S/C14H11NO4/c1-18-14(17)12-11-5-3-9-6-8(7-16)2-4-10(9)13(11)19-15-12/h2,4,6-7H,3,5H2,1H3. The first-order valence-corrected chi connectivity index (χ1v) is 5.90. The van der Waals surface area contributed by atoms with Gasteiger partial charge in [0.1, 0.15) is 6.29 Å². The number of hydrogen-bond acceptors (Lipinski definition) is 5. The molecule has 0 atom stereocenters. The fourth-order valence-electron chi connectivity index (χ4n) is 2.38. The van der Waals surface area contributed by atoms with E-state index in [4.69, 9.17) is 4.52 Å². The van der Waals surface area contributed by atoms with Gasteiger partial charge < -0.3 is 9.26 Å². The van der Waals surface area contributed by atoms with Gasteiger partial charge >= 0.3 is 5.97 Å². The average Bonchev–Trinajstić information content (AvgIpc) is 2.89. The van der Waals surface area contributed by atoms with E-state index in [2.05, 4.69) is 9.89 Å². The summed E-state index contributed by atoms with van der Waals surface area (Å²) < 4.78 is 9.95. The number of aldehydes is 1. The Morgan fingerprint density at radius 1 is 1.42 bits per heavy atom. The molecule has 5 nitrogen and oxygen atoms in total. The van der Waals surface area contributed by atoms with Crippen molar-refractivity contribution >= 4 is 12.3 Å². The zero-order valence-electron chi connectivity index (χ0n) is 10.3. The first-order chi connectivity index (χ1) is 9.24. The van der Waals surface area contributed by atoms with Crippen LogP contribution in [-0.2, 0) is 17.6 Å². The summed E-state index contributed by atoms with van der Waals surface area (Å²) in [6, 6.07) is 5.39. The van der Waals surface area contributed by atoms with Crippen LogP contribution in [0.5, 0.6) is 0 Å². The Balaban J connectivity index is 2.13. The molecule has 0 radical (unpaired) electrons. The van der Waals surface area contributed by atoms with E-state index in [0.717, 1.165) is 29.4 Å². The van der Waals surface area contributed by atoms with Crippen molar-refractivity contribution in [2.24, 2.45) is 0 Å². The maximum absolute atomic E-state index is 11.6. The monoisotopic (exact) mass is 257 g/mol. The van der Waals surface area contributed by atoms with Crippen LogP contribution in [0.4, 0.5) is 0 Å². The molecule has 0 saturated heterocycles. The third-order valence-electron chi connectivity index (χ3n) is 3.32. The van der Waals surface area contributed by atoms with Gasteiger partial charge in [0.15, 0.2) is 11.5 Å². The number of fused-ring (bicyclic) bond motifs is 3. The largest absolute Gasteiger partial charge is 0.464 e. The van der Waals surface area contributed by atoms with Crippen molar-refractivity contribution < 1.29 is 18.8 Å². The average molecular weight is 257 g/mol. The van der Waals surface area contributed by atoms with E-state index in [1.807, 2.05) is 12.1 Å². The number of aryl methyl sites for hydroxylation is 1. The summed E-state index contributed by atoms with van der Waals surface area (Å²) in [6.45, 7) is 0. The Morgan fingerprint density at radius 3 is 3.00 bits per heavy atom. The molecule has 1 aliphatic carbocycles. The first kappa shape index (κ1) is 11.6. The number of rotatable bonds is 2. The number of hydrogen-bond donors (Lipinski definition) is 0. The van der Waals surface area contributed by atoms with Gasteiger partial charge in [0.2, 0.25) is 0 Å². The van der Waals surface area contributed by atoms with E-state index >= 15 is 0 Å². The molecule has 0 fully saturated rings. The number of methoxy groups -OCH3 is 1. The van der Waals surface area contributed by atoms with E-state index in [1.165, 1.54) is 7.11 Å². The zero-order valence-corrected chi connectivity index (χ0v) is 10.3. The summed E-state index contributed by atoms with van der Waals surface area (Å²) in [5, 5.41) is 3.79. The molecule has 3 rings (SSSR count). The summed E-state index contributed by atoms with van der Waals surface area (Å²) in [5.41, 5.74) is 3.56. The van der Waals surface area contributed by atoms with Gasteiger partial charge in [0.25, 0.3) is 0 Å². The number of carbonyl (C=O) groups excluding carboxylic acids is 2. The highest BCUT2D eigenvalue weighted by Gasteiger charge is 2.28. The Hall–Kier alpha value is -2.43. The summed E-state index contributed by atoms with van der Waals surface area (Å²) in [5.74, 6) is 0.108. The minimum atomic E-state index is -0.488. The van der Waals surface area contributed by atoms with Crippen LogP contribution >= 0.6 is 0 Å². The molecule has 2 aromatic rings. The van der Waals surface area contributed by atoms with E-state index in [-0.39, 0.29) is 5.69 Å². The first-order valence-electron chi connectivity index (χ1n) is 5.90. The molecule has 96 valence electrons. The molecule has 1 aromatic carbocycles. The minimum Gasteiger partial charge on any atom is -0.464 e. The molecular formula is C14H11NO4. The molecule has 0 amide bonds. The third-order valence-corrected chi connectivity index (χ3v) is 3.32. The van der Waals surface area contributed by atoms with Crippen molar-refractivity contribution in [3.8, 4) is 11.3 Å². The van der Waals surface area contributed by atoms with Gasteiger partial charge in [-0.25, -0.2) is 4.79 Å². The highest BCUT2D eigenvalue weighted by molar-refractivity contribution is 5.91. The molecule has 0 N–H and O–H groups in total. The lowest BCUT2D eigenvalue weighted by Crippen LogP contribution is -2.09. The van der Waals surface area contributed by atoms with Gasteiger partial charge in [0, 0.05) is 16.7 Å². The van der Waals surface area contributed by atoms with E-state index in [9.17, 15) is 9.59 Å². The van der Waals surface area contributed by atoms with Crippen LogP contribution in [0.3, 0.4) is 0 Å². The third kappa shape index (κ3) is 1.74. The van der Waals surface area contributed by atoms with Gasteiger partial charge in [-0.3, -0.25) is 4.79 Å². The topological polar surface area (TPSA) is 69.4 Å². The number of aromatic nitrogens is 1. The minimum absolute atomic E-state index is 0.239. The molecule has 19 heavy (non-hydrogen) atoms. The highest BCUT2D eigenvalue weighted by Crippen LogP contribution is 2.35. The fourth-order valence-corrected chi connectivity index (χ4v) is 2.38. The summed E-state index contributed by atoms with van der Waals surface area (Å²) in [7, 11) is 1.32. The van der Waals surface area contributed by atoms with Crippen molar-refractivity contribution in [2.75, 3.05) is 7.11 Å². The number of esters is 1. The highest BCUT2D eigenvalue weighted by atomic mass is 16.5. The Morgan fingerprint density at radius 2 is 2.26 bits per heavy atom. The molecule has 0 spiro atoms. The summed E-state index contributed by atoms with van der Waals surface area (Å²) >= 11 is 0. The molecule has 0 bridgehead atoms. The smallest absolute Gasteiger partial charge is 0.360 e. The fraction of sp³-hybridized carbons (Fsp3) is 0.214. The lowest BCUT2D eigenvalue weighted by Gasteiger charge is -2.14. The molecule has 0 aliphatic heterocycles. The Bertz CT molecular complexity index is 672. The van der Waals surface area contributed by atoms with E-state index < -0.39 is 5.97 Å². The molecule has 0 unspecified atom stereocenters. The van der Waals surface area contributed by atoms with Crippen molar-refractivity contribution in [1.82, 2.24) is 5.16 Å². The predicted octanol–water partition coefficient (Wildman–Crippen LogP) is 2.04. The number of carbonyl (C=O) groups is 2. The summed E-state index contributed by atoms with van der Waals surface area (Å²) in [6.07, 6.45) is 2.21. The second-order valence-electron chi connectivity index (χ2n) is 4.36. The van der Waals surface area contributed by atoms with Crippen LogP contribution in [-0.4, -0.2) is 24.5 Å². The normalized spacial score (nSPS) is 12.5. The molecule has 5 heteroatoms. The van der Waals surface area contributed by atoms with Gasteiger partial charge in [-0.2, -0.15) is 0 Å². The zero-order chi connectivity index (χ0) is 13.4. The Labute approximate surface area is 109 Å². The van der Waals surface area contributed by atoms with Crippen molar-refractivity contribution in [3.63, 3.8) is 0 Å². The SMILES string of the molecule is COC(=O)c1noc2c1CCc1cc(C=O)ccc1-2. The van der Waals surface area contributed by atoms with Gasteiger partial charge in [-0.05, 0) is 24.5 Å². The van der Waals surface area contributed by atoms with Crippen molar-refractivity contribution in [1.29, 1.82) is 0 Å². The lowest BCUT2D eigenvalue weighted by atomic mass is 9.88. The number of nitrogens with zero attached hydrogens (tertiary/aromatic N) is 1. The molecule has 1 aliphatic rings. The van der Waals surface area contributed by atoms with Crippen LogP contribution < -0.4 is 0 Å². The van der Waals surface area contributed by atoms with E-state index in [1.54, 1.807) is 6.07 Å². The van der Waals surface area contributed by atoms with Crippen LogP contribution in [0, 0.1) is 0 Å². The molecule has 1 heterocycles.